The molecule has 1 N–H and O–H groups in total. The first-order chi connectivity index (χ1) is 14.3. The van der Waals surface area contributed by atoms with Crippen LogP contribution in [-0.4, -0.2) is 27.4 Å². The molecule has 0 unspecified atom stereocenters. The molecule has 0 heterocycles. The first-order valence-corrected chi connectivity index (χ1v) is 12.2. The van der Waals surface area contributed by atoms with Crippen LogP contribution in [0.25, 0.3) is 0 Å². The van der Waals surface area contributed by atoms with Gasteiger partial charge in [-0.2, -0.15) is 0 Å². The third kappa shape index (κ3) is 5.55. The van der Waals surface area contributed by atoms with Crippen LogP contribution in [0.15, 0.2) is 47.4 Å². The van der Waals surface area contributed by atoms with Gasteiger partial charge in [0.25, 0.3) is 10.0 Å². The lowest BCUT2D eigenvalue weighted by atomic mass is 9.89. The molecule has 0 saturated heterocycles. The van der Waals surface area contributed by atoms with Gasteiger partial charge in [0.05, 0.1) is 10.6 Å². The van der Waals surface area contributed by atoms with Crippen LogP contribution >= 0.6 is 11.6 Å². The molecule has 0 atom stereocenters. The normalized spacial score (nSPS) is 15.0. The number of hydrogen-bond acceptors (Lipinski definition) is 3. The van der Waals surface area contributed by atoms with Crippen LogP contribution < -0.4 is 9.62 Å². The first kappa shape index (κ1) is 22.6. The molecule has 0 aliphatic heterocycles. The Hall–Kier alpha value is -2.05. The van der Waals surface area contributed by atoms with Gasteiger partial charge in [-0.1, -0.05) is 54.6 Å². The summed E-state index contributed by atoms with van der Waals surface area (Å²) < 4.78 is 27.9. The summed E-state index contributed by atoms with van der Waals surface area (Å²) in [6, 6.07) is 11.7. The Bertz CT molecular complexity index is 984. The van der Waals surface area contributed by atoms with Gasteiger partial charge in [-0.25, -0.2) is 8.42 Å². The van der Waals surface area contributed by atoms with Crippen LogP contribution in [0.3, 0.4) is 0 Å². The van der Waals surface area contributed by atoms with Gasteiger partial charge in [0, 0.05) is 11.6 Å². The summed E-state index contributed by atoms with van der Waals surface area (Å²) in [4.78, 5) is 12.8. The summed E-state index contributed by atoms with van der Waals surface area (Å²) in [7, 11) is -3.92. The molecule has 1 aliphatic carbocycles. The van der Waals surface area contributed by atoms with Crippen molar-refractivity contribution in [3.05, 3.63) is 58.6 Å². The van der Waals surface area contributed by atoms with Gasteiger partial charge in [-0.15, -0.1) is 0 Å². The highest BCUT2D eigenvalue weighted by molar-refractivity contribution is 7.92. The smallest absolute Gasteiger partial charge is 0.264 e. The minimum absolute atomic E-state index is 0.143. The Morgan fingerprint density at radius 3 is 2.37 bits per heavy atom. The van der Waals surface area contributed by atoms with Crippen molar-refractivity contribution >= 4 is 33.2 Å². The van der Waals surface area contributed by atoms with Gasteiger partial charge in [-0.05, 0) is 62.4 Å². The second-order valence-corrected chi connectivity index (χ2v) is 10.3. The maximum atomic E-state index is 13.4. The van der Waals surface area contributed by atoms with Gasteiger partial charge < -0.3 is 5.32 Å². The van der Waals surface area contributed by atoms with E-state index in [2.05, 4.69) is 5.32 Å². The molecule has 162 valence electrons. The number of hydrogen-bond donors (Lipinski definition) is 1. The zero-order valence-electron chi connectivity index (χ0n) is 17.5. The molecule has 1 saturated carbocycles. The topological polar surface area (TPSA) is 66.5 Å². The van der Waals surface area contributed by atoms with E-state index < -0.39 is 10.0 Å². The zero-order valence-corrected chi connectivity index (χ0v) is 19.1. The minimum atomic E-state index is -3.92. The second-order valence-electron chi connectivity index (χ2n) is 8.07. The SMILES string of the molecule is Cc1ccc(S(=O)(=O)N(CC(=O)NCC2CCCCC2)c2ccc(C)c(Cl)c2)cc1. The molecule has 5 nitrogen and oxygen atoms in total. The maximum Gasteiger partial charge on any atom is 0.264 e. The van der Waals surface area contributed by atoms with E-state index in [9.17, 15) is 13.2 Å². The Morgan fingerprint density at radius 1 is 1.07 bits per heavy atom. The monoisotopic (exact) mass is 448 g/mol. The molecule has 30 heavy (non-hydrogen) atoms. The lowest BCUT2D eigenvalue weighted by Crippen LogP contribution is -2.42. The van der Waals surface area contributed by atoms with E-state index in [-0.39, 0.29) is 17.3 Å². The number of anilines is 1. The van der Waals surface area contributed by atoms with Gasteiger partial charge in [-0.3, -0.25) is 9.10 Å². The number of nitrogens with zero attached hydrogens (tertiary/aromatic N) is 1. The Morgan fingerprint density at radius 2 is 1.73 bits per heavy atom. The number of sulfonamides is 1. The van der Waals surface area contributed by atoms with Gasteiger partial charge >= 0.3 is 0 Å². The number of amides is 1. The maximum absolute atomic E-state index is 13.4. The molecule has 1 amide bonds. The molecule has 2 aromatic carbocycles. The van der Waals surface area contributed by atoms with Gasteiger partial charge in [0.15, 0.2) is 0 Å². The van der Waals surface area contributed by atoms with Crippen LogP contribution in [0.5, 0.6) is 0 Å². The molecule has 0 spiro atoms. The molecular formula is C23H29ClN2O3S. The molecular weight excluding hydrogens is 420 g/mol. The van der Waals surface area contributed by atoms with Crippen LogP contribution in [0.1, 0.15) is 43.2 Å². The molecule has 0 bridgehead atoms. The highest BCUT2D eigenvalue weighted by atomic mass is 35.5. The average molecular weight is 449 g/mol. The van der Waals surface area contributed by atoms with E-state index in [1.165, 1.54) is 19.3 Å². The average Bonchev–Trinajstić information content (AvgIpc) is 2.73. The molecule has 1 fully saturated rings. The van der Waals surface area contributed by atoms with E-state index >= 15 is 0 Å². The summed E-state index contributed by atoms with van der Waals surface area (Å²) in [6.07, 6.45) is 5.85. The molecule has 1 aliphatic rings. The first-order valence-electron chi connectivity index (χ1n) is 10.4. The van der Waals surface area contributed by atoms with Crippen LogP contribution in [0, 0.1) is 19.8 Å². The largest absolute Gasteiger partial charge is 0.354 e. The van der Waals surface area contributed by atoms with E-state index in [0.717, 1.165) is 28.3 Å². The summed E-state index contributed by atoms with van der Waals surface area (Å²) >= 11 is 6.25. The number of carbonyl (C=O) groups excluding carboxylic acids is 1. The summed E-state index contributed by atoms with van der Waals surface area (Å²) in [5.74, 6) is 0.159. The van der Waals surface area contributed by atoms with Gasteiger partial charge in [0.1, 0.15) is 6.54 Å². The van der Waals surface area contributed by atoms with Crippen molar-refractivity contribution in [2.24, 2.45) is 5.92 Å². The number of carbonyl (C=O) groups is 1. The van der Waals surface area contributed by atoms with Crippen molar-refractivity contribution in [3.63, 3.8) is 0 Å². The van der Waals surface area contributed by atoms with E-state index in [0.29, 0.717) is 23.2 Å². The standard InChI is InChI=1S/C23H29ClN2O3S/c1-17-8-12-21(13-9-17)30(28,29)26(20-11-10-18(2)22(24)14-20)16-23(27)25-15-19-6-4-3-5-7-19/h8-14,19H,3-7,15-16H2,1-2H3,(H,25,27). The summed E-state index contributed by atoms with van der Waals surface area (Å²) in [6.45, 7) is 4.04. The number of rotatable bonds is 7. The fourth-order valence-corrected chi connectivity index (χ4v) is 5.31. The highest BCUT2D eigenvalue weighted by Gasteiger charge is 2.28. The summed E-state index contributed by atoms with van der Waals surface area (Å²) in [5, 5.41) is 3.39. The predicted molar refractivity (Wildman–Crippen MR) is 121 cm³/mol. The molecule has 7 heteroatoms. The Kier molecular flexibility index (Phi) is 7.42. The molecule has 3 rings (SSSR count). The third-order valence-electron chi connectivity index (χ3n) is 5.65. The number of benzene rings is 2. The van der Waals surface area contributed by atoms with Crippen molar-refractivity contribution in [3.8, 4) is 0 Å². The molecule has 0 aromatic heterocycles. The van der Waals surface area contributed by atoms with Crippen molar-refractivity contribution in [1.29, 1.82) is 0 Å². The predicted octanol–water partition coefficient (Wildman–Crippen LogP) is 4.85. The van der Waals surface area contributed by atoms with Crippen molar-refractivity contribution < 1.29 is 13.2 Å². The number of halogens is 1. The number of nitrogens with one attached hydrogen (secondary N) is 1. The minimum Gasteiger partial charge on any atom is -0.354 e. The third-order valence-corrected chi connectivity index (χ3v) is 7.85. The van der Waals surface area contributed by atoms with Crippen LogP contribution in [-0.2, 0) is 14.8 Å². The lowest BCUT2D eigenvalue weighted by Gasteiger charge is -2.26. The molecule has 0 radical (unpaired) electrons. The van der Waals surface area contributed by atoms with Crippen molar-refractivity contribution in [1.82, 2.24) is 5.32 Å². The summed E-state index contributed by atoms with van der Waals surface area (Å²) in [5.41, 5.74) is 2.18. The van der Waals surface area contributed by atoms with Crippen molar-refractivity contribution in [2.45, 2.75) is 50.8 Å². The Labute approximate surface area is 184 Å². The quantitative estimate of drug-likeness (QED) is 0.658. The van der Waals surface area contributed by atoms with Gasteiger partial charge in [0.2, 0.25) is 5.91 Å². The van der Waals surface area contributed by atoms with E-state index in [4.69, 9.17) is 11.6 Å². The highest BCUT2D eigenvalue weighted by Crippen LogP contribution is 2.28. The van der Waals surface area contributed by atoms with Crippen LogP contribution in [0.4, 0.5) is 5.69 Å². The fourth-order valence-electron chi connectivity index (χ4n) is 3.73. The zero-order chi connectivity index (χ0) is 21.7. The fraction of sp³-hybridized carbons (Fsp3) is 0.435. The van der Waals surface area contributed by atoms with Crippen molar-refractivity contribution in [2.75, 3.05) is 17.4 Å². The van der Waals surface area contributed by atoms with E-state index in [1.807, 2.05) is 13.8 Å². The number of aryl methyl sites for hydroxylation is 2. The second kappa shape index (κ2) is 9.84. The van der Waals surface area contributed by atoms with Crippen LogP contribution in [0.2, 0.25) is 5.02 Å². The molecule has 2 aromatic rings. The lowest BCUT2D eigenvalue weighted by molar-refractivity contribution is -0.119. The Balaban J connectivity index is 1.84. The van der Waals surface area contributed by atoms with E-state index in [1.54, 1.807) is 42.5 Å².